The van der Waals surface area contributed by atoms with Gasteiger partial charge in [-0.25, -0.2) is 9.36 Å². The summed E-state index contributed by atoms with van der Waals surface area (Å²) in [6.45, 7) is 5.84. The molecule has 0 aliphatic carbocycles. The molecule has 1 aliphatic heterocycles. The molecule has 3 aromatic heterocycles. The molecule has 0 bridgehead atoms. The Morgan fingerprint density at radius 1 is 1.18 bits per heavy atom. The second kappa shape index (κ2) is 7.77. The molecule has 1 saturated heterocycles. The number of piperazine rings is 1. The summed E-state index contributed by atoms with van der Waals surface area (Å²) in [5.74, 6) is 0.558. The Bertz CT molecular complexity index is 999. The van der Waals surface area contributed by atoms with E-state index in [4.69, 9.17) is 0 Å². The van der Waals surface area contributed by atoms with Gasteiger partial charge in [0, 0.05) is 56.9 Å². The third-order valence-electron chi connectivity index (χ3n) is 4.80. The minimum Gasteiger partial charge on any atom is -0.335 e. The smallest absolute Gasteiger partial charge is 0.274 e. The Labute approximate surface area is 161 Å². The average molecular weight is 382 g/mol. The van der Waals surface area contributed by atoms with E-state index in [0.29, 0.717) is 37.7 Å². The minimum absolute atomic E-state index is 0.0474. The minimum atomic E-state index is -0.140. The fraction of sp³-hybridized carbons (Fsp3) is 0.389. The van der Waals surface area contributed by atoms with E-state index in [-0.39, 0.29) is 11.5 Å². The van der Waals surface area contributed by atoms with Crippen LogP contribution in [0.15, 0.2) is 41.5 Å². The monoisotopic (exact) mass is 382 g/mol. The van der Waals surface area contributed by atoms with Gasteiger partial charge < -0.3 is 4.90 Å². The maximum absolute atomic E-state index is 12.5. The van der Waals surface area contributed by atoms with Crippen LogP contribution >= 0.6 is 0 Å². The Morgan fingerprint density at radius 3 is 2.68 bits per heavy atom. The lowest BCUT2D eigenvalue weighted by atomic mass is 10.2. The SMILES string of the molecule is Cc1cc(C(=O)N2CCN(CCn3nc(-n4cccn4)ccc3=O)CC2)n[nH]1. The molecular formula is C18H22N8O2. The van der Waals surface area contributed by atoms with E-state index in [1.807, 2.05) is 17.9 Å². The maximum atomic E-state index is 12.5. The third-order valence-corrected chi connectivity index (χ3v) is 4.80. The van der Waals surface area contributed by atoms with Crippen LogP contribution in [0, 0.1) is 6.92 Å². The number of aromatic amines is 1. The Morgan fingerprint density at radius 2 is 2.00 bits per heavy atom. The first-order valence-electron chi connectivity index (χ1n) is 9.22. The number of nitrogens with one attached hydrogen (secondary N) is 1. The van der Waals surface area contributed by atoms with Gasteiger partial charge in [0.1, 0.15) is 5.69 Å². The highest BCUT2D eigenvalue weighted by atomic mass is 16.2. The van der Waals surface area contributed by atoms with Crippen molar-refractivity contribution in [3.8, 4) is 5.82 Å². The Kier molecular flexibility index (Phi) is 5.02. The van der Waals surface area contributed by atoms with Gasteiger partial charge in [0.25, 0.3) is 11.5 Å². The quantitative estimate of drug-likeness (QED) is 0.662. The molecule has 1 N–H and O–H groups in total. The first-order chi connectivity index (χ1) is 13.6. The molecule has 28 heavy (non-hydrogen) atoms. The molecule has 1 aliphatic rings. The highest BCUT2D eigenvalue weighted by molar-refractivity contribution is 5.92. The number of aryl methyl sites for hydroxylation is 1. The van der Waals surface area contributed by atoms with Crippen LogP contribution in [0.4, 0.5) is 0 Å². The number of hydrogen-bond acceptors (Lipinski definition) is 6. The fourth-order valence-corrected chi connectivity index (χ4v) is 3.23. The number of carbonyl (C=O) groups is 1. The third kappa shape index (κ3) is 3.86. The van der Waals surface area contributed by atoms with Crippen molar-refractivity contribution in [3.05, 3.63) is 58.4 Å². The topological polar surface area (TPSA) is 105 Å². The van der Waals surface area contributed by atoms with Crippen LogP contribution in [-0.2, 0) is 6.54 Å². The van der Waals surface area contributed by atoms with E-state index >= 15 is 0 Å². The molecule has 1 amide bonds. The largest absolute Gasteiger partial charge is 0.335 e. The lowest BCUT2D eigenvalue weighted by Crippen LogP contribution is -2.49. The van der Waals surface area contributed by atoms with Crippen LogP contribution in [0.3, 0.4) is 0 Å². The van der Waals surface area contributed by atoms with Crippen LogP contribution < -0.4 is 5.56 Å². The van der Waals surface area contributed by atoms with Gasteiger partial charge in [-0.15, -0.1) is 5.10 Å². The van der Waals surface area contributed by atoms with E-state index < -0.39 is 0 Å². The molecule has 0 saturated carbocycles. The molecule has 0 spiro atoms. The molecule has 0 unspecified atom stereocenters. The second-order valence-electron chi connectivity index (χ2n) is 6.77. The summed E-state index contributed by atoms with van der Waals surface area (Å²) in [4.78, 5) is 28.6. The lowest BCUT2D eigenvalue weighted by molar-refractivity contribution is 0.0625. The maximum Gasteiger partial charge on any atom is 0.274 e. The van der Waals surface area contributed by atoms with Gasteiger partial charge in [0.15, 0.2) is 5.82 Å². The molecule has 0 atom stereocenters. The van der Waals surface area contributed by atoms with Gasteiger partial charge in [0.2, 0.25) is 0 Å². The van der Waals surface area contributed by atoms with Crippen LogP contribution in [-0.4, -0.2) is 78.2 Å². The zero-order valence-corrected chi connectivity index (χ0v) is 15.7. The van der Waals surface area contributed by atoms with E-state index in [9.17, 15) is 9.59 Å². The molecule has 4 heterocycles. The molecular weight excluding hydrogens is 360 g/mol. The number of aromatic nitrogens is 6. The van der Waals surface area contributed by atoms with E-state index in [1.165, 1.54) is 10.7 Å². The Hall–Kier alpha value is -3.27. The zero-order chi connectivity index (χ0) is 19.5. The summed E-state index contributed by atoms with van der Waals surface area (Å²) in [6, 6.07) is 6.74. The molecule has 0 radical (unpaired) electrons. The first kappa shape index (κ1) is 18.1. The molecule has 10 heteroatoms. The molecule has 0 aromatic carbocycles. The summed E-state index contributed by atoms with van der Waals surface area (Å²) in [5.41, 5.74) is 1.19. The number of carbonyl (C=O) groups excluding carboxylic acids is 1. The van der Waals surface area contributed by atoms with Gasteiger partial charge in [-0.05, 0) is 25.1 Å². The number of nitrogens with zero attached hydrogens (tertiary/aromatic N) is 7. The highest BCUT2D eigenvalue weighted by Gasteiger charge is 2.23. The standard InChI is InChI=1S/C18H22N8O2/c1-14-13-15(21-20-14)18(28)24-10-7-23(8-11-24)9-12-26-17(27)4-3-16(22-26)25-6-2-5-19-25/h2-6,13H,7-12H2,1H3,(H,20,21). The van der Waals surface area contributed by atoms with Crippen molar-refractivity contribution in [2.75, 3.05) is 32.7 Å². The molecule has 10 nitrogen and oxygen atoms in total. The zero-order valence-electron chi connectivity index (χ0n) is 15.7. The molecule has 3 aromatic rings. The molecule has 4 rings (SSSR count). The van der Waals surface area contributed by atoms with E-state index in [1.54, 1.807) is 29.2 Å². The van der Waals surface area contributed by atoms with Gasteiger partial charge in [-0.1, -0.05) is 0 Å². The average Bonchev–Trinajstić information content (AvgIpc) is 3.39. The fourth-order valence-electron chi connectivity index (χ4n) is 3.23. The van der Waals surface area contributed by atoms with Crippen molar-refractivity contribution in [3.63, 3.8) is 0 Å². The van der Waals surface area contributed by atoms with Crippen molar-refractivity contribution in [2.24, 2.45) is 0 Å². The van der Waals surface area contributed by atoms with Crippen molar-refractivity contribution < 1.29 is 4.79 Å². The van der Waals surface area contributed by atoms with Crippen LogP contribution in [0.5, 0.6) is 0 Å². The van der Waals surface area contributed by atoms with Crippen molar-refractivity contribution >= 4 is 5.91 Å². The van der Waals surface area contributed by atoms with Gasteiger partial charge in [0.05, 0.1) is 6.54 Å². The summed E-state index contributed by atoms with van der Waals surface area (Å²) < 4.78 is 3.08. The number of amides is 1. The molecule has 146 valence electrons. The summed E-state index contributed by atoms with van der Waals surface area (Å²) in [7, 11) is 0. The van der Waals surface area contributed by atoms with Gasteiger partial charge in [-0.2, -0.15) is 10.2 Å². The second-order valence-corrected chi connectivity index (χ2v) is 6.77. The number of hydrogen-bond donors (Lipinski definition) is 1. The Balaban J connectivity index is 1.33. The number of rotatable bonds is 5. The summed E-state index contributed by atoms with van der Waals surface area (Å²) in [6.07, 6.45) is 3.45. The van der Waals surface area contributed by atoms with Crippen molar-refractivity contribution in [1.29, 1.82) is 0 Å². The first-order valence-corrected chi connectivity index (χ1v) is 9.22. The van der Waals surface area contributed by atoms with E-state index in [2.05, 4.69) is 25.3 Å². The number of H-pyrrole nitrogens is 1. The predicted octanol–water partition coefficient (Wildman–Crippen LogP) is -0.0815. The van der Waals surface area contributed by atoms with E-state index in [0.717, 1.165) is 18.8 Å². The van der Waals surface area contributed by atoms with Crippen LogP contribution in [0.1, 0.15) is 16.2 Å². The van der Waals surface area contributed by atoms with Crippen LogP contribution in [0.25, 0.3) is 5.82 Å². The van der Waals surface area contributed by atoms with Gasteiger partial charge >= 0.3 is 0 Å². The van der Waals surface area contributed by atoms with Crippen LogP contribution in [0.2, 0.25) is 0 Å². The highest BCUT2D eigenvalue weighted by Crippen LogP contribution is 2.08. The predicted molar refractivity (Wildman–Crippen MR) is 101 cm³/mol. The summed E-state index contributed by atoms with van der Waals surface area (Å²) in [5, 5.41) is 15.4. The normalized spacial score (nSPS) is 15.1. The lowest BCUT2D eigenvalue weighted by Gasteiger charge is -2.34. The van der Waals surface area contributed by atoms with Crippen molar-refractivity contribution in [1.82, 2.24) is 39.6 Å². The summed E-state index contributed by atoms with van der Waals surface area (Å²) >= 11 is 0. The van der Waals surface area contributed by atoms with Crippen molar-refractivity contribution in [2.45, 2.75) is 13.5 Å². The molecule has 1 fully saturated rings. The van der Waals surface area contributed by atoms with Gasteiger partial charge in [-0.3, -0.25) is 19.6 Å².